The molecule has 6 nitrogen and oxygen atoms in total. The summed E-state index contributed by atoms with van der Waals surface area (Å²) in [6, 6.07) is 14.5. The summed E-state index contributed by atoms with van der Waals surface area (Å²) in [6.07, 6.45) is 2.81. The summed E-state index contributed by atoms with van der Waals surface area (Å²) in [5.74, 6) is 0.209. The van der Waals surface area contributed by atoms with Gasteiger partial charge in [-0.15, -0.1) is 24.8 Å². The number of piperazine rings is 1. The third-order valence-corrected chi connectivity index (χ3v) is 7.19. The van der Waals surface area contributed by atoms with Gasteiger partial charge in [0.15, 0.2) is 5.78 Å². The van der Waals surface area contributed by atoms with Crippen LogP contribution in [0.1, 0.15) is 31.7 Å². The van der Waals surface area contributed by atoms with Crippen LogP contribution in [0, 0.1) is 5.82 Å². The van der Waals surface area contributed by atoms with E-state index in [1.54, 1.807) is 13.0 Å². The summed E-state index contributed by atoms with van der Waals surface area (Å²) in [6.45, 7) is 7.28. The van der Waals surface area contributed by atoms with Gasteiger partial charge >= 0.3 is 0 Å². The highest BCUT2D eigenvalue weighted by atomic mass is 35.5. The number of carbonyl (C=O) groups is 1. The molecule has 35 heavy (non-hydrogen) atoms. The molecule has 1 N–H and O–H groups in total. The van der Waals surface area contributed by atoms with E-state index in [1.807, 2.05) is 23.2 Å². The number of hydrazone groups is 1. The first-order chi connectivity index (χ1) is 16.1. The second-order valence-electron chi connectivity index (χ2n) is 9.17. The van der Waals surface area contributed by atoms with E-state index in [9.17, 15) is 9.18 Å². The van der Waals surface area contributed by atoms with E-state index in [0.29, 0.717) is 23.8 Å². The third-order valence-electron chi connectivity index (χ3n) is 7.19. The maximum absolute atomic E-state index is 14.1. The molecule has 0 aromatic heterocycles. The van der Waals surface area contributed by atoms with Gasteiger partial charge in [-0.25, -0.2) is 4.39 Å². The summed E-state index contributed by atoms with van der Waals surface area (Å²) in [5.41, 5.74) is 1.60. The lowest BCUT2D eigenvalue weighted by Gasteiger charge is -2.41. The number of rotatable bonds is 7. The van der Waals surface area contributed by atoms with E-state index in [0.717, 1.165) is 57.5 Å². The number of nitrogens with zero attached hydrogens (tertiary/aromatic N) is 3. The molecule has 0 aliphatic carbocycles. The quantitative estimate of drug-likeness (QED) is 0.552. The molecule has 2 aromatic carbocycles. The molecule has 5 rings (SSSR count). The standard InChI is InChI=1S/C26H31FN4O2.2ClH/c1-19(32)25-26(20-7-3-2-4-8-20,11-5-6-14-30-15-12-28-13-16-30)24-18-33-23-10-9-21(27)17-22(23)31(24)29-25;;/h2-4,7-10,17,24,28H,5-6,11-16,18H2,1H3;2*1H/t24?,26-;;/m0../s1. The van der Waals surface area contributed by atoms with Gasteiger partial charge < -0.3 is 15.0 Å². The van der Waals surface area contributed by atoms with Gasteiger partial charge in [-0.05, 0) is 37.1 Å². The van der Waals surface area contributed by atoms with E-state index in [1.165, 1.54) is 12.1 Å². The number of benzene rings is 2. The number of hydrogen-bond donors (Lipinski definition) is 1. The fraction of sp³-hybridized carbons (Fsp3) is 0.462. The number of anilines is 1. The smallest absolute Gasteiger partial charge is 0.176 e. The lowest BCUT2D eigenvalue weighted by atomic mass is 9.67. The molecule has 9 heteroatoms. The van der Waals surface area contributed by atoms with E-state index in [-0.39, 0.29) is 42.5 Å². The summed E-state index contributed by atoms with van der Waals surface area (Å²) >= 11 is 0. The molecule has 0 radical (unpaired) electrons. The Hall–Kier alpha value is -2.19. The molecule has 0 bridgehead atoms. The summed E-state index contributed by atoms with van der Waals surface area (Å²) in [4.78, 5) is 15.4. The van der Waals surface area contributed by atoms with Gasteiger partial charge in [0.25, 0.3) is 0 Å². The molecule has 2 aromatic rings. The molecule has 0 amide bonds. The second kappa shape index (κ2) is 11.7. The summed E-state index contributed by atoms with van der Waals surface area (Å²) in [5, 5.41) is 10.1. The molecule has 0 saturated carbocycles. The maximum Gasteiger partial charge on any atom is 0.176 e. The number of ketones is 1. The molecule has 2 atom stereocenters. The van der Waals surface area contributed by atoms with Gasteiger partial charge in [0.2, 0.25) is 0 Å². The van der Waals surface area contributed by atoms with Crippen LogP contribution < -0.4 is 15.1 Å². The lowest BCUT2D eigenvalue weighted by molar-refractivity contribution is -0.111. The van der Waals surface area contributed by atoms with Crippen molar-refractivity contribution in [2.45, 2.75) is 37.6 Å². The van der Waals surface area contributed by atoms with Crippen molar-refractivity contribution in [2.24, 2.45) is 5.10 Å². The van der Waals surface area contributed by atoms with Gasteiger partial charge in [0, 0.05) is 39.2 Å². The highest BCUT2D eigenvalue weighted by Crippen LogP contribution is 2.48. The molecule has 1 fully saturated rings. The first kappa shape index (κ1) is 27.4. The number of ether oxygens (including phenoxy) is 1. The molecule has 3 aliphatic heterocycles. The van der Waals surface area contributed by atoms with Crippen LogP contribution in [0.3, 0.4) is 0 Å². The van der Waals surface area contributed by atoms with Crippen LogP contribution in [0.2, 0.25) is 0 Å². The minimum absolute atomic E-state index is 0. The minimum Gasteiger partial charge on any atom is -0.489 e. The Morgan fingerprint density at radius 3 is 2.60 bits per heavy atom. The number of carbonyl (C=O) groups excluding carboxylic acids is 1. The van der Waals surface area contributed by atoms with Crippen LogP contribution in [-0.4, -0.2) is 61.8 Å². The summed E-state index contributed by atoms with van der Waals surface area (Å²) in [7, 11) is 0. The van der Waals surface area contributed by atoms with E-state index in [2.05, 4.69) is 22.3 Å². The van der Waals surface area contributed by atoms with Gasteiger partial charge in [-0.2, -0.15) is 5.10 Å². The Kier molecular flexibility index (Phi) is 9.16. The van der Waals surface area contributed by atoms with Crippen molar-refractivity contribution in [3.05, 3.63) is 59.9 Å². The maximum atomic E-state index is 14.1. The predicted molar refractivity (Wildman–Crippen MR) is 142 cm³/mol. The zero-order valence-corrected chi connectivity index (χ0v) is 21.5. The number of nitrogens with one attached hydrogen (secondary N) is 1. The van der Waals surface area contributed by atoms with Gasteiger partial charge in [0.05, 0.1) is 5.41 Å². The van der Waals surface area contributed by atoms with Crippen LogP contribution in [-0.2, 0) is 10.2 Å². The van der Waals surface area contributed by atoms with Crippen LogP contribution >= 0.6 is 24.8 Å². The monoisotopic (exact) mass is 522 g/mol. The minimum atomic E-state index is -0.597. The lowest BCUT2D eigenvalue weighted by Crippen LogP contribution is -2.53. The summed E-state index contributed by atoms with van der Waals surface area (Å²) < 4.78 is 20.2. The molecular formula is C26H33Cl2FN4O2. The Labute approximate surface area is 218 Å². The van der Waals surface area contributed by atoms with Crippen LogP contribution in [0.25, 0.3) is 0 Å². The first-order valence-electron chi connectivity index (χ1n) is 11.9. The number of Topliss-reactive ketones (excluding diaryl/α,β-unsaturated/α-hetero) is 1. The topological polar surface area (TPSA) is 57.2 Å². The van der Waals surface area contributed by atoms with E-state index < -0.39 is 5.41 Å². The Bertz CT molecular complexity index is 1050. The van der Waals surface area contributed by atoms with Gasteiger partial charge in [0.1, 0.15) is 35.6 Å². The van der Waals surface area contributed by atoms with Crippen molar-refractivity contribution in [1.82, 2.24) is 10.2 Å². The third kappa shape index (κ3) is 5.19. The first-order valence-corrected chi connectivity index (χ1v) is 11.9. The normalized spacial score (nSPS) is 23.2. The number of halogens is 3. The largest absolute Gasteiger partial charge is 0.489 e. The van der Waals surface area contributed by atoms with Crippen molar-refractivity contribution in [1.29, 1.82) is 0 Å². The molecule has 0 spiro atoms. The van der Waals surface area contributed by atoms with Crippen molar-refractivity contribution in [3.8, 4) is 5.75 Å². The second-order valence-corrected chi connectivity index (χ2v) is 9.17. The zero-order chi connectivity index (χ0) is 22.8. The van der Waals surface area contributed by atoms with Crippen molar-refractivity contribution in [2.75, 3.05) is 44.3 Å². The van der Waals surface area contributed by atoms with Crippen molar-refractivity contribution in [3.63, 3.8) is 0 Å². The number of fused-ring (bicyclic) bond motifs is 3. The fourth-order valence-corrected chi connectivity index (χ4v) is 5.58. The predicted octanol–water partition coefficient (Wildman–Crippen LogP) is 4.21. The molecule has 190 valence electrons. The fourth-order valence-electron chi connectivity index (χ4n) is 5.58. The molecule has 1 unspecified atom stereocenters. The Morgan fingerprint density at radius 2 is 1.89 bits per heavy atom. The Morgan fingerprint density at radius 1 is 1.14 bits per heavy atom. The van der Waals surface area contributed by atoms with E-state index >= 15 is 0 Å². The van der Waals surface area contributed by atoms with Gasteiger partial charge in [-0.3, -0.25) is 9.80 Å². The highest BCUT2D eigenvalue weighted by molar-refractivity contribution is 6.43. The number of unbranched alkanes of at least 4 members (excludes halogenated alkanes) is 1. The van der Waals surface area contributed by atoms with Crippen molar-refractivity contribution >= 4 is 42.0 Å². The molecule has 1 saturated heterocycles. The molecule has 3 aliphatic rings. The van der Waals surface area contributed by atoms with Crippen LogP contribution in [0.4, 0.5) is 10.1 Å². The molecular weight excluding hydrogens is 490 g/mol. The SMILES string of the molecule is CC(=O)C1=NN2c3cc(F)ccc3OCC2[C@]1(CCCCN1CCNCC1)c1ccccc1.Cl.Cl. The van der Waals surface area contributed by atoms with Crippen LogP contribution in [0.15, 0.2) is 53.6 Å². The van der Waals surface area contributed by atoms with Crippen LogP contribution in [0.5, 0.6) is 5.75 Å². The van der Waals surface area contributed by atoms with Crippen molar-refractivity contribution < 1.29 is 13.9 Å². The average molecular weight is 523 g/mol. The number of hydrogen-bond acceptors (Lipinski definition) is 6. The molecule has 3 heterocycles. The highest BCUT2D eigenvalue weighted by Gasteiger charge is 2.55. The average Bonchev–Trinajstić information content (AvgIpc) is 3.19. The Balaban J connectivity index is 0.00000171. The van der Waals surface area contributed by atoms with Gasteiger partial charge in [-0.1, -0.05) is 36.8 Å². The zero-order valence-electron chi connectivity index (χ0n) is 19.9. The van der Waals surface area contributed by atoms with E-state index in [4.69, 9.17) is 9.84 Å².